The molecule has 2 N–H and O–H groups in total. The number of phenols is 2. The molecule has 3 aromatic carbocycles. The van der Waals surface area contributed by atoms with Crippen LogP contribution in [0, 0.1) is 0 Å². The van der Waals surface area contributed by atoms with E-state index in [4.69, 9.17) is 0 Å². The number of aliphatic imine (C=N–C) groups is 1. The topological polar surface area (TPSA) is 69.9 Å². The Morgan fingerprint density at radius 3 is 2.38 bits per heavy atom. The van der Waals surface area contributed by atoms with Crippen LogP contribution in [0.1, 0.15) is 21.5 Å². The second-order valence-corrected chi connectivity index (χ2v) is 5.25. The fraction of sp³-hybridized carbons (Fsp3) is 0. The Kier molecular flexibility index (Phi) is 4.38. The lowest BCUT2D eigenvalue weighted by Crippen LogP contribution is -2.00. The van der Waals surface area contributed by atoms with Crippen molar-refractivity contribution in [3.63, 3.8) is 0 Å². The van der Waals surface area contributed by atoms with Crippen molar-refractivity contribution in [3.05, 3.63) is 89.5 Å². The van der Waals surface area contributed by atoms with E-state index in [9.17, 15) is 15.0 Å². The molecule has 3 rings (SSSR count). The molecule has 4 heteroatoms. The molecule has 0 aliphatic rings. The van der Waals surface area contributed by atoms with E-state index in [-0.39, 0.29) is 17.3 Å². The first-order chi connectivity index (χ1) is 11.6. The lowest BCUT2D eigenvalue weighted by molar-refractivity contribution is 0.103. The highest BCUT2D eigenvalue weighted by molar-refractivity contribution is 6.09. The van der Waals surface area contributed by atoms with E-state index in [1.165, 1.54) is 24.4 Å². The Bertz CT molecular complexity index is 902. The van der Waals surface area contributed by atoms with Crippen molar-refractivity contribution < 1.29 is 15.0 Å². The highest BCUT2D eigenvalue weighted by Gasteiger charge is 2.08. The molecule has 0 bridgehead atoms. The van der Waals surface area contributed by atoms with Gasteiger partial charge in [-0.3, -0.25) is 9.79 Å². The number of carbonyl (C=O) groups excluding carboxylic acids is 1. The van der Waals surface area contributed by atoms with Crippen LogP contribution in [0.3, 0.4) is 0 Å². The van der Waals surface area contributed by atoms with E-state index >= 15 is 0 Å². The number of benzene rings is 3. The maximum absolute atomic E-state index is 12.4. The predicted octanol–water partition coefficient (Wildman–Crippen LogP) is 4.08. The number of nitrogens with zero attached hydrogens (tertiary/aromatic N) is 1. The number of aromatic hydroxyl groups is 2. The summed E-state index contributed by atoms with van der Waals surface area (Å²) in [4.78, 5) is 16.7. The molecule has 0 aliphatic carbocycles. The lowest BCUT2D eigenvalue weighted by Gasteiger charge is -2.03. The van der Waals surface area contributed by atoms with Gasteiger partial charge in [-0.1, -0.05) is 42.5 Å². The van der Waals surface area contributed by atoms with Crippen LogP contribution < -0.4 is 0 Å². The number of rotatable bonds is 4. The molecule has 0 atom stereocenters. The summed E-state index contributed by atoms with van der Waals surface area (Å²) >= 11 is 0. The van der Waals surface area contributed by atoms with Crippen LogP contribution in [0.25, 0.3) is 0 Å². The molecule has 0 saturated heterocycles. The molecule has 0 fully saturated rings. The standard InChI is InChI=1S/C20H15NO3/c22-18-9-10-19(23)16(12-18)13-21-17-8-4-7-15(11-17)20(24)14-5-2-1-3-6-14/h1-13,22-23H/b21-13+. The zero-order valence-electron chi connectivity index (χ0n) is 12.8. The average molecular weight is 317 g/mol. The van der Waals surface area contributed by atoms with Crippen LogP contribution in [0.5, 0.6) is 11.5 Å². The Labute approximate surface area is 139 Å². The van der Waals surface area contributed by atoms with Crippen LogP contribution in [0.15, 0.2) is 77.8 Å². The number of ketones is 1. The van der Waals surface area contributed by atoms with Gasteiger partial charge in [0, 0.05) is 22.9 Å². The number of carbonyl (C=O) groups is 1. The van der Waals surface area contributed by atoms with Crippen molar-refractivity contribution in [2.45, 2.75) is 0 Å². The van der Waals surface area contributed by atoms with Gasteiger partial charge in [-0.25, -0.2) is 0 Å². The Balaban J connectivity index is 1.87. The van der Waals surface area contributed by atoms with E-state index in [0.717, 1.165) is 0 Å². The van der Waals surface area contributed by atoms with Gasteiger partial charge in [-0.15, -0.1) is 0 Å². The van der Waals surface area contributed by atoms with Crippen molar-refractivity contribution in [2.75, 3.05) is 0 Å². The SMILES string of the molecule is O=C(c1ccccc1)c1cccc(/N=C/c2cc(O)ccc2O)c1. The minimum absolute atomic E-state index is 0.0214. The van der Waals surface area contributed by atoms with Gasteiger partial charge in [0.1, 0.15) is 11.5 Å². The van der Waals surface area contributed by atoms with Gasteiger partial charge in [0.15, 0.2) is 5.78 Å². The van der Waals surface area contributed by atoms with Crippen LogP contribution >= 0.6 is 0 Å². The van der Waals surface area contributed by atoms with E-state index in [0.29, 0.717) is 22.4 Å². The maximum Gasteiger partial charge on any atom is 0.193 e. The third kappa shape index (κ3) is 3.50. The second kappa shape index (κ2) is 6.79. The van der Waals surface area contributed by atoms with Gasteiger partial charge in [-0.05, 0) is 30.3 Å². The van der Waals surface area contributed by atoms with Gasteiger partial charge in [0.05, 0.1) is 5.69 Å². The van der Waals surface area contributed by atoms with E-state index in [1.807, 2.05) is 18.2 Å². The number of hydrogen-bond donors (Lipinski definition) is 2. The molecule has 0 unspecified atom stereocenters. The molecule has 0 amide bonds. The first-order valence-electron chi connectivity index (χ1n) is 7.39. The van der Waals surface area contributed by atoms with Crippen molar-refractivity contribution in [2.24, 2.45) is 4.99 Å². The minimum Gasteiger partial charge on any atom is -0.508 e. The molecule has 0 spiro atoms. The molecular formula is C20H15NO3. The smallest absolute Gasteiger partial charge is 0.193 e. The van der Waals surface area contributed by atoms with Crippen LogP contribution in [-0.4, -0.2) is 22.2 Å². The van der Waals surface area contributed by atoms with Gasteiger partial charge in [0.2, 0.25) is 0 Å². The molecule has 118 valence electrons. The minimum atomic E-state index is -0.0761. The summed E-state index contributed by atoms with van der Waals surface area (Å²) in [6.07, 6.45) is 1.45. The summed E-state index contributed by atoms with van der Waals surface area (Å²) in [7, 11) is 0. The normalized spacial score (nSPS) is 10.8. The van der Waals surface area contributed by atoms with Gasteiger partial charge in [-0.2, -0.15) is 0 Å². The fourth-order valence-corrected chi connectivity index (χ4v) is 2.27. The molecule has 0 aromatic heterocycles. The second-order valence-electron chi connectivity index (χ2n) is 5.25. The largest absolute Gasteiger partial charge is 0.508 e. The zero-order chi connectivity index (χ0) is 16.9. The van der Waals surface area contributed by atoms with E-state index < -0.39 is 0 Å². The Morgan fingerprint density at radius 2 is 1.58 bits per heavy atom. The Hall–Kier alpha value is -3.40. The summed E-state index contributed by atoms with van der Waals surface area (Å²) in [5.41, 5.74) is 2.13. The molecule has 0 aliphatic heterocycles. The predicted molar refractivity (Wildman–Crippen MR) is 93.3 cm³/mol. The number of hydrogen-bond acceptors (Lipinski definition) is 4. The van der Waals surface area contributed by atoms with Crippen molar-refractivity contribution in [1.29, 1.82) is 0 Å². The third-order valence-electron chi connectivity index (χ3n) is 3.51. The summed E-state index contributed by atoms with van der Waals surface area (Å²) < 4.78 is 0. The van der Waals surface area contributed by atoms with Crippen molar-refractivity contribution in [1.82, 2.24) is 0 Å². The monoisotopic (exact) mass is 317 g/mol. The van der Waals surface area contributed by atoms with Crippen molar-refractivity contribution in [3.8, 4) is 11.5 Å². The summed E-state index contributed by atoms with van der Waals surface area (Å²) in [6, 6.07) is 20.2. The first kappa shape index (κ1) is 15.5. The van der Waals surface area contributed by atoms with E-state index in [1.54, 1.807) is 36.4 Å². The van der Waals surface area contributed by atoms with Crippen LogP contribution in [0.4, 0.5) is 5.69 Å². The fourth-order valence-electron chi connectivity index (χ4n) is 2.27. The van der Waals surface area contributed by atoms with Crippen molar-refractivity contribution >= 4 is 17.7 Å². The third-order valence-corrected chi connectivity index (χ3v) is 3.51. The summed E-state index contributed by atoms with van der Waals surface area (Å²) in [5.74, 6) is -0.0109. The highest BCUT2D eigenvalue weighted by atomic mass is 16.3. The molecule has 3 aromatic rings. The first-order valence-corrected chi connectivity index (χ1v) is 7.39. The quantitative estimate of drug-likeness (QED) is 0.433. The molecule has 0 saturated carbocycles. The average Bonchev–Trinajstić information content (AvgIpc) is 2.63. The van der Waals surface area contributed by atoms with Gasteiger partial charge < -0.3 is 10.2 Å². The van der Waals surface area contributed by atoms with Crippen LogP contribution in [0.2, 0.25) is 0 Å². The van der Waals surface area contributed by atoms with E-state index in [2.05, 4.69) is 4.99 Å². The number of phenolic OH excluding ortho intramolecular Hbond substituents is 2. The summed E-state index contributed by atoms with van der Waals surface area (Å²) in [5, 5.41) is 19.2. The molecule has 24 heavy (non-hydrogen) atoms. The van der Waals surface area contributed by atoms with Gasteiger partial charge in [0.25, 0.3) is 0 Å². The van der Waals surface area contributed by atoms with Crippen LogP contribution in [-0.2, 0) is 0 Å². The lowest BCUT2D eigenvalue weighted by atomic mass is 10.0. The molecule has 0 heterocycles. The summed E-state index contributed by atoms with van der Waals surface area (Å²) in [6.45, 7) is 0. The zero-order valence-corrected chi connectivity index (χ0v) is 12.8. The Morgan fingerprint density at radius 1 is 0.833 bits per heavy atom. The van der Waals surface area contributed by atoms with Gasteiger partial charge >= 0.3 is 0 Å². The molecule has 4 nitrogen and oxygen atoms in total. The molecular weight excluding hydrogens is 302 g/mol. The highest BCUT2D eigenvalue weighted by Crippen LogP contribution is 2.22. The maximum atomic E-state index is 12.4. The molecule has 0 radical (unpaired) electrons.